The summed E-state index contributed by atoms with van der Waals surface area (Å²) in [5.41, 5.74) is 0.270. The first kappa shape index (κ1) is 19.8. The molecule has 2 fully saturated rings. The molecular formula is C23H31N3O3. The average Bonchev–Trinajstić information content (AvgIpc) is 3.31. The second-order valence-electron chi connectivity index (χ2n) is 8.53. The van der Waals surface area contributed by atoms with Gasteiger partial charge in [0.05, 0.1) is 13.2 Å². The van der Waals surface area contributed by atoms with Crippen molar-refractivity contribution < 1.29 is 14.3 Å². The fourth-order valence-corrected chi connectivity index (χ4v) is 4.94. The second kappa shape index (κ2) is 8.47. The summed E-state index contributed by atoms with van der Waals surface area (Å²) in [4.78, 5) is 19.5. The van der Waals surface area contributed by atoms with Gasteiger partial charge in [0, 0.05) is 18.9 Å². The third-order valence-corrected chi connectivity index (χ3v) is 6.58. The van der Waals surface area contributed by atoms with Gasteiger partial charge in [-0.1, -0.05) is 19.3 Å². The summed E-state index contributed by atoms with van der Waals surface area (Å²) in [6.45, 7) is 3.67. The first-order valence-corrected chi connectivity index (χ1v) is 10.6. The molecule has 1 saturated carbocycles. The maximum absolute atomic E-state index is 13.2. The minimum absolute atomic E-state index is 0.117. The molecule has 1 aromatic carbocycles. The highest BCUT2D eigenvalue weighted by molar-refractivity contribution is 5.77. The van der Waals surface area contributed by atoms with Crippen LogP contribution in [0.4, 0.5) is 0 Å². The topological polar surface area (TPSA) is 56.6 Å². The summed E-state index contributed by atoms with van der Waals surface area (Å²) in [6, 6.07) is 7.76. The van der Waals surface area contributed by atoms with Crippen molar-refractivity contribution in [1.29, 1.82) is 0 Å². The van der Waals surface area contributed by atoms with Crippen LogP contribution >= 0.6 is 0 Å². The summed E-state index contributed by atoms with van der Waals surface area (Å²) in [5, 5.41) is 0. The van der Waals surface area contributed by atoms with Crippen LogP contribution in [0.5, 0.6) is 11.5 Å². The molecule has 4 rings (SSSR count). The van der Waals surface area contributed by atoms with E-state index in [-0.39, 0.29) is 17.4 Å². The molecule has 0 N–H and O–H groups in total. The van der Waals surface area contributed by atoms with Gasteiger partial charge in [-0.2, -0.15) is 0 Å². The molecule has 1 amide bonds. The number of aromatic nitrogens is 2. The number of likely N-dealkylation sites (tertiary alicyclic amines) is 1. The van der Waals surface area contributed by atoms with Crippen molar-refractivity contribution in [2.45, 2.75) is 58.0 Å². The summed E-state index contributed by atoms with van der Waals surface area (Å²) < 4.78 is 13.2. The van der Waals surface area contributed by atoms with Gasteiger partial charge in [0.1, 0.15) is 30.5 Å². The van der Waals surface area contributed by atoms with E-state index in [1.54, 1.807) is 13.3 Å². The minimum atomic E-state index is 0.117. The Morgan fingerprint density at radius 3 is 2.55 bits per heavy atom. The zero-order valence-corrected chi connectivity index (χ0v) is 17.5. The lowest BCUT2D eigenvalue weighted by molar-refractivity contribution is -0.133. The highest BCUT2D eigenvalue weighted by atomic mass is 16.5. The number of hydrogen-bond acceptors (Lipinski definition) is 4. The fourth-order valence-electron chi connectivity index (χ4n) is 4.94. The third-order valence-electron chi connectivity index (χ3n) is 6.58. The molecular weight excluding hydrogens is 366 g/mol. The maximum Gasteiger partial charge on any atom is 0.242 e. The largest absolute Gasteiger partial charge is 0.497 e. The van der Waals surface area contributed by atoms with Crippen LogP contribution in [0.2, 0.25) is 0 Å². The van der Waals surface area contributed by atoms with Gasteiger partial charge in [-0.05, 0) is 55.9 Å². The average molecular weight is 398 g/mol. The number of carbonyl (C=O) groups is 1. The van der Waals surface area contributed by atoms with E-state index in [9.17, 15) is 4.79 Å². The highest BCUT2D eigenvalue weighted by Crippen LogP contribution is 2.46. The van der Waals surface area contributed by atoms with E-state index < -0.39 is 0 Å². The molecule has 0 bridgehead atoms. The van der Waals surface area contributed by atoms with Gasteiger partial charge in [-0.25, -0.2) is 4.98 Å². The van der Waals surface area contributed by atoms with Crippen molar-refractivity contribution in [3.8, 4) is 11.5 Å². The molecule has 1 atom stereocenters. The number of hydrogen-bond donors (Lipinski definition) is 0. The number of ether oxygens (including phenoxy) is 2. The second-order valence-corrected chi connectivity index (χ2v) is 8.53. The van der Waals surface area contributed by atoms with Gasteiger partial charge in [-0.15, -0.1) is 0 Å². The van der Waals surface area contributed by atoms with E-state index in [0.717, 1.165) is 30.3 Å². The number of amides is 1. The first-order chi connectivity index (χ1) is 14.1. The van der Waals surface area contributed by atoms with Gasteiger partial charge < -0.3 is 18.9 Å². The molecule has 2 heterocycles. The van der Waals surface area contributed by atoms with Crippen molar-refractivity contribution in [2.24, 2.45) is 5.41 Å². The summed E-state index contributed by atoms with van der Waals surface area (Å²) in [5.74, 6) is 2.66. The van der Waals surface area contributed by atoms with E-state index in [0.29, 0.717) is 13.2 Å². The lowest BCUT2D eigenvalue weighted by Crippen LogP contribution is -2.41. The summed E-state index contributed by atoms with van der Waals surface area (Å²) in [6.07, 6.45) is 11.0. The van der Waals surface area contributed by atoms with Gasteiger partial charge in [-0.3, -0.25) is 4.79 Å². The molecule has 1 aliphatic carbocycles. The lowest BCUT2D eigenvalue weighted by Gasteiger charge is -2.33. The first-order valence-electron chi connectivity index (χ1n) is 10.6. The normalized spacial score (nSPS) is 20.8. The van der Waals surface area contributed by atoms with Crippen LogP contribution in [0.25, 0.3) is 0 Å². The van der Waals surface area contributed by atoms with Crippen LogP contribution in [0.3, 0.4) is 0 Å². The van der Waals surface area contributed by atoms with Gasteiger partial charge in [0.25, 0.3) is 0 Å². The Morgan fingerprint density at radius 2 is 1.90 bits per heavy atom. The monoisotopic (exact) mass is 397 g/mol. The molecule has 1 saturated heterocycles. The van der Waals surface area contributed by atoms with Crippen LogP contribution < -0.4 is 9.47 Å². The van der Waals surface area contributed by atoms with Gasteiger partial charge in [0.2, 0.25) is 5.91 Å². The van der Waals surface area contributed by atoms with Crippen molar-refractivity contribution in [1.82, 2.24) is 14.5 Å². The Bertz CT molecular complexity index is 824. The molecule has 6 nitrogen and oxygen atoms in total. The van der Waals surface area contributed by atoms with E-state index in [4.69, 9.17) is 9.47 Å². The predicted octanol–water partition coefficient (Wildman–Crippen LogP) is 3.83. The predicted molar refractivity (Wildman–Crippen MR) is 111 cm³/mol. The van der Waals surface area contributed by atoms with Crippen molar-refractivity contribution in [3.05, 3.63) is 42.5 Å². The molecule has 0 radical (unpaired) electrons. The SMILES string of the molecule is COc1ccc(OCC2CC3(CCCCC3)CN2C(=O)Cn2ccnc2C)cc1. The Hall–Kier alpha value is -2.50. The standard InChI is InChI=1S/C23H31N3O3/c1-18-24-12-13-25(18)15-22(27)26-17-23(10-4-3-5-11-23)14-19(26)16-29-21-8-6-20(28-2)7-9-21/h6-9,12-13,19H,3-5,10-11,14-17H2,1-2H3. The molecule has 1 unspecified atom stereocenters. The van der Waals surface area contributed by atoms with Crippen molar-refractivity contribution in [2.75, 3.05) is 20.3 Å². The molecule has 2 aromatic rings. The lowest BCUT2D eigenvalue weighted by atomic mass is 9.73. The zero-order chi connectivity index (χ0) is 20.3. The molecule has 6 heteroatoms. The molecule has 29 heavy (non-hydrogen) atoms. The van der Waals surface area contributed by atoms with Crippen molar-refractivity contribution in [3.63, 3.8) is 0 Å². The number of carbonyl (C=O) groups excluding carboxylic acids is 1. The number of aryl methyl sites for hydroxylation is 1. The van der Waals surface area contributed by atoms with Crippen LogP contribution in [-0.2, 0) is 11.3 Å². The van der Waals surface area contributed by atoms with Crippen LogP contribution in [-0.4, -0.2) is 46.7 Å². The molecule has 1 aromatic heterocycles. The highest BCUT2D eigenvalue weighted by Gasteiger charge is 2.46. The zero-order valence-electron chi connectivity index (χ0n) is 17.5. The van der Waals surface area contributed by atoms with Crippen molar-refractivity contribution >= 4 is 5.91 Å². The smallest absolute Gasteiger partial charge is 0.242 e. The van der Waals surface area contributed by atoms with E-state index in [1.165, 1.54) is 32.1 Å². The quantitative estimate of drug-likeness (QED) is 0.743. The summed E-state index contributed by atoms with van der Waals surface area (Å²) in [7, 11) is 1.66. The number of benzene rings is 1. The van der Waals surface area contributed by atoms with Gasteiger partial charge in [0.15, 0.2) is 0 Å². The number of methoxy groups -OCH3 is 1. The Morgan fingerprint density at radius 1 is 1.17 bits per heavy atom. The van der Waals surface area contributed by atoms with Crippen LogP contribution in [0, 0.1) is 12.3 Å². The molecule has 2 aliphatic rings. The van der Waals surface area contributed by atoms with E-state index in [2.05, 4.69) is 9.88 Å². The molecule has 1 spiro atoms. The fraction of sp³-hybridized carbons (Fsp3) is 0.565. The Balaban J connectivity index is 1.46. The Kier molecular flexibility index (Phi) is 5.79. The number of nitrogens with zero attached hydrogens (tertiary/aromatic N) is 3. The van der Waals surface area contributed by atoms with E-state index in [1.807, 2.05) is 42.0 Å². The number of rotatable bonds is 6. The minimum Gasteiger partial charge on any atom is -0.497 e. The maximum atomic E-state index is 13.2. The molecule has 156 valence electrons. The summed E-state index contributed by atoms with van der Waals surface area (Å²) >= 11 is 0. The van der Waals surface area contributed by atoms with Crippen LogP contribution in [0.1, 0.15) is 44.3 Å². The Labute approximate surface area is 172 Å². The van der Waals surface area contributed by atoms with Gasteiger partial charge >= 0.3 is 0 Å². The third kappa shape index (κ3) is 4.41. The van der Waals surface area contributed by atoms with E-state index >= 15 is 0 Å². The van der Waals surface area contributed by atoms with Crippen LogP contribution in [0.15, 0.2) is 36.7 Å². The number of imidazole rings is 1. The molecule has 1 aliphatic heterocycles.